The van der Waals surface area contributed by atoms with E-state index < -0.39 is 0 Å². The van der Waals surface area contributed by atoms with E-state index in [1.807, 2.05) is 13.0 Å². The molecule has 0 saturated heterocycles. The average Bonchev–Trinajstić information content (AvgIpc) is 2.34. The van der Waals surface area contributed by atoms with Crippen LogP contribution in [-0.2, 0) is 0 Å². The van der Waals surface area contributed by atoms with Gasteiger partial charge in [0.15, 0.2) is 0 Å². The van der Waals surface area contributed by atoms with Gasteiger partial charge in [0, 0.05) is 10.8 Å². The zero-order valence-electron chi connectivity index (χ0n) is 6.75. The van der Waals surface area contributed by atoms with Gasteiger partial charge in [-0.2, -0.15) is 0 Å². The van der Waals surface area contributed by atoms with E-state index in [-0.39, 0.29) is 17.4 Å². The van der Waals surface area contributed by atoms with Crippen molar-refractivity contribution in [3.63, 3.8) is 0 Å². The largest absolute Gasteiger partial charge is 0.265 e. The number of hydrogen-bond donors (Lipinski definition) is 0. The number of rotatable bonds is 2. The lowest BCUT2D eigenvalue weighted by Gasteiger charge is -2.04. The highest BCUT2D eigenvalue weighted by Crippen LogP contribution is 2.30. The van der Waals surface area contributed by atoms with Crippen molar-refractivity contribution in [2.24, 2.45) is 5.92 Å². The Balaban J connectivity index is 2.51. The van der Waals surface area contributed by atoms with Crippen LogP contribution < -0.4 is 0 Å². The predicted octanol–water partition coefficient (Wildman–Crippen LogP) is 2.01. The smallest absolute Gasteiger partial charge is 0.210 e. The molecule has 1 aliphatic rings. The highest BCUT2D eigenvalue weighted by Gasteiger charge is 2.24. The summed E-state index contributed by atoms with van der Waals surface area (Å²) in [6, 6.07) is 0. The normalized spacial score (nSPS) is 27.7. The van der Waals surface area contributed by atoms with E-state index in [4.69, 9.17) is 0 Å². The molecule has 3 heteroatoms. The maximum Gasteiger partial charge on any atom is 0.210 e. The van der Waals surface area contributed by atoms with Crippen molar-refractivity contribution in [3.8, 4) is 0 Å². The Bertz CT molecular complexity index is 187. The first kappa shape index (κ1) is 8.24. The molecule has 0 aromatic rings. The van der Waals surface area contributed by atoms with Gasteiger partial charge in [0.1, 0.15) is 0 Å². The highest BCUT2D eigenvalue weighted by atomic mass is 16.6. The van der Waals surface area contributed by atoms with Crippen LogP contribution in [-0.4, -0.2) is 11.5 Å². The van der Waals surface area contributed by atoms with E-state index in [1.165, 1.54) is 5.57 Å². The fourth-order valence-electron chi connectivity index (χ4n) is 1.71. The molecule has 0 aromatic heterocycles. The molecule has 62 valence electrons. The Morgan fingerprint density at radius 1 is 1.82 bits per heavy atom. The van der Waals surface area contributed by atoms with Gasteiger partial charge in [0.2, 0.25) is 6.54 Å². The lowest BCUT2D eigenvalue weighted by atomic mass is 10.0. The summed E-state index contributed by atoms with van der Waals surface area (Å²) in [4.78, 5) is 9.99. The number of allylic oxidation sites excluding steroid dienone is 1. The summed E-state index contributed by atoms with van der Waals surface area (Å²) < 4.78 is 0. The molecule has 1 unspecified atom stereocenters. The predicted molar refractivity (Wildman–Crippen MR) is 43.0 cm³/mol. The van der Waals surface area contributed by atoms with Crippen molar-refractivity contribution in [2.45, 2.75) is 26.2 Å². The van der Waals surface area contributed by atoms with E-state index in [1.54, 1.807) is 0 Å². The molecule has 1 aliphatic carbocycles. The fourth-order valence-corrected chi connectivity index (χ4v) is 1.71. The van der Waals surface area contributed by atoms with Crippen LogP contribution >= 0.6 is 0 Å². The van der Waals surface area contributed by atoms with Crippen LogP contribution in [0.3, 0.4) is 0 Å². The molecule has 0 radical (unpaired) electrons. The lowest BCUT2D eigenvalue weighted by Crippen LogP contribution is -2.12. The first-order valence-electron chi connectivity index (χ1n) is 4.01. The van der Waals surface area contributed by atoms with E-state index in [2.05, 4.69) is 0 Å². The Hall–Kier alpha value is -0.860. The highest BCUT2D eigenvalue weighted by molar-refractivity contribution is 5.09. The summed E-state index contributed by atoms with van der Waals surface area (Å²) >= 11 is 0. The molecule has 0 spiro atoms. The molecular formula is C8H13NO2. The van der Waals surface area contributed by atoms with Gasteiger partial charge in [-0.25, -0.2) is 0 Å². The summed E-state index contributed by atoms with van der Waals surface area (Å²) in [7, 11) is 0. The van der Waals surface area contributed by atoms with Crippen molar-refractivity contribution in [1.29, 1.82) is 0 Å². The molecule has 1 rings (SSSR count). The third kappa shape index (κ3) is 2.03. The van der Waals surface area contributed by atoms with Gasteiger partial charge in [-0.3, -0.25) is 10.1 Å². The standard InChI is InChI=1S/C8H13NO2/c1-2-7-4-3-5-8(7)6-9(10)11/h2,8H,3-6H2,1H3/b7-2-. The number of nitrogens with zero attached hydrogens (tertiary/aromatic N) is 1. The monoisotopic (exact) mass is 155 g/mol. The van der Waals surface area contributed by atoms with Crippen LogP contribution in [0.15, 0.2) is 11.6 Å². The molecule has 11 heavy (non-hydrogen) atoms. The Labute approximate surface area is 66.3 Å². The van der Waals surface area contributed by atoms with Crippen molar-refractivity contribution in [1.82, 2.24) is 0 Å². The van der Waals surface area contributed by atoms with Crippen LogP contribution in [0.25, 0.3) is 0 Å². The quantitative estimate of drug-likeness (QED) is 0.348. The average molecular weight is 155 g/mol. The van der Waals surface area contributed by atoms with Crippen LogP contribution in [0.2, 0.25) is 0 Å². The zero-order chi connectivity index (χ0) is 8.27. The molecule has 0 N–H and O–H groups in total. The minimum absolute atomic E-state index is 0.125. The van der Waals surface area contributed by atoms with E-state index in [0.29, 0.717) is 0 Å². The topological polar surface area (TPSA) is 43.1 Å². The maximum atomic E-state index is 10.2. The van der Waals surface area contributed by atoms with Crippen molar-refractivity contribution in [2.75, 3.05) is 6.54 Å². The van der Waals surface area contributed by atoms with E-state index >= 15 is 0 Å². The third-order valence-corrected chi connectivity index (χ3v) is 2.28. The molecule has 1 saturated carbocycles. The van der Waals surface area contributed by atoms with Crippen LogP contribution in [0.4, 0.5) is 0 Å². The van der Waals surface area contributed by atoms with Gasteiger partial charge >= 0.3 is 0 Å². The minimum Gasteiger partial charge on any atom is -0.265 e. The fraction of sp³-hybridized carbons (Fsp3) is 0.750. The van der Waals surface area contributed by atoms with Gasteiger partial charge in [-0.1, -0.05) is 11.6 Å². The van der Waals surface area contributed by atoms with Crippen molar-refractivity contribution in [3.05, 3.63) is 21.8 Å². The molecule has 0 heterocycles. The molecule has 0 bridgehead atoms. The van der Waals surface area contributed by atoms with E-state index in [0.717, 1.165) is 19.3 Å². The maximum absolute atomic E-state index is 10.2. The molecule has 1 fully saturated rings. The second-order valence-electron chi connectivity index (χ2n) is 2.97. The molecule has 0 aliphatic heterocycles. The first-order valence-corrected chi connectivity index (χ1v) is 4.01. The van der Waals surface area contributed by atoms with Gasteiger partial charge in [-0.05, 0) is 26.2 Å². The summed E-state index contributed by atoms with van der Waals surface area (Å²) in [6.07, 6.45) is 5.22. The van der Waals surface area contributed by atoms with E-state index in [9.17, 15) is 10.1 Å². The lowest BCUT2D eigenvalue weighted by molar-refractivity contribution is -0.486. The van der Waals surface area contributed by atoms with Gasteiger partial charge in [0.05, 0.1) is 0 Å². The van der Waals surface area contributed by atoms with Crippen LogP contribution in [0.5, 0.6) is 0 Å². The Kier molecular flexibility index (Phi) is 2.63. The Morgan fingerprint density at radius 3 is 3.09 bits per heavy atom. The summed E-state index contributed by atoms with van der Waals surface area (Å²) in [5, 5.41) is 10.2. The molecular weight excluding hydrogens is 142 g/mol. The second-order valence-corrected chi connectivity index (χ2v) is 2.97. The minimum atomic E-state index is -0.209. The number of nitro groups is 1. The van der Waals surface area contributed by atoms with Crippen molar-refractivity contribution < 1.29 is 4.92 Å². The van der Waals surface area contributed by atoms with Crippen LogP contribution in [0.1, 0.15) is 26.2 Å². The summed E-state index contributed by atoms with van der Waals surface area (Å²) in [6.45, 7) is 2.09. The third-order valence-electron chi connectivity index (χ3n) is 2.28. The summed E-state index contributed by atoms with van der Waals surface area (Å²) in [5.41, 5.74) is 1.28. The molecule has 1 atom stereocenters. The number of hydrogen-bond acceptors (Lipinski definition) is 2. The molecule has 3 nitrogen and oxygen atoms in total. The Morgan fingerprint density at radius 2 is 2.55 bits per heavy atom. The van der Waals surface area contributed by atoms with Gasteiger partial charge < -0.3 is 0 Å². The van der Waals surface area contributed by atoms with Crippen molar-refractivity contribution >= 4 is 0 Å². The first-order chi connectivity index (χ1) is 5.24. The zero-order valence-corrected chi connectivity index (χ0v) is 6.75. The van der Waals surface area contributed by atoms with Gasteiger partial charge in [-0.15, -0.1) is 0 Å². The molecule has 0 aromatic carbocycles. The van der Waals surface area contributed by atoms with Crippen LogP contribution in [0, 0.1) is 16.0 Å². The molecule has 0 amide bonds. The summed E-state index contributed by atoms with van der Waals surface area (Å²) in [5.74, 6) is 0.231. The SMILES string of the molecule is C/C=C1/CCCC1C[N+](=O)[O-]. The second kappa shape index (κ2) is 3.51. The van der Waals surface area contributed by atoms with Gasteiger partial charge in [0.25, 0.3) is 0 Å².